The molecule has 5 nitrogen and oxygen atoms in total. The van der Waals surface area contributed by atoms with E-state index in [4.69, 9.17) is 9.47 Å². The molecule has 94 valence electrons. The van der Waals surface area contributed by atoms with Gasteiger partial charge in [-0.25, -0.2) is 0 Å². The molecule has 1 saturated heterocycles. The number of aliphatic carboxylic acids is 1. The summed E-state index contributed by atoms with van der Waals surface area (Å²) in [7, 11) is 1.51. The lowest BCUT2D eigenvalue weighted by Crippen LogP contribution is -2.59. The van der Waals surface area contributed by atoms with Gasteiger partial charge in [-0.2, -0.15) is 0 Å². The predicted octanol–water partition coefficient (Wildman–Crippen LogP) is 0.633. The maximum atomic E-state index is 11.2. The van der Waals surface area contributed by atoms with Crippen molar-refractivity contribution in [2.75, 3.05) is 20.3 Å². The average molecular weight is 231 g/mol. The molecule has 0 radical (unpaired) electrons. The van der Waals surface area contributed by atoms with Crippen molar-refractivity contribution in [3.63, 3.8) is 0 Å². The van der Waals surface area contributed by atoms with Gasteiger partial charge in [0, 0.05) is 20.3 Å². The zero-order valence-electron chi connectivity index (χ0n) is 10.2. The molecule has 16 heavy (non-hydrogen) atoms. The summed E-state index contributed by atoms with van der Waals surface area (Å²) in [5, 5.41) is 12.3. The third-order valence-electron chi connectivity index (χ3n) is 3.33. The number of methoxy groups -OCH3 is 1. The van der Waals surface area contributed by atoms with Crippen molar-refractivity contribution in [3.05, 3.63) is 0 Å². The molecule has 0 aromatic heterocycles. The van der Waals surface area contributed by atoms with E-state index in [-0.39, 0.29) is 6.10 Å². The van der Waals surface area contributed by atoms with Crippen molar-refractivity contribution in [3.8, 4) is 0 Å². The lowest BCUT2D eigenvalue weighted by Gasteiger charge is -2.32. The van der Waals surface area contributed by atoms with Gasteiger partial charge >= 0.3 is 5.97 Å². The summed E-state index contributed by atoms with van der Waals surface area (Å²) in [6.45, 7) is 4.71. The van der Waals surface area contributed by atoms with E-state index in [0.29, 0.717) is 6.54 Å². The zero-order valence-corrected chi connectivity index (χ0v) is 10.2. The topological polar surface area (TPSA) is 67.8 Å². The van der Waals surface area contributed by atoms with Crippen LogP contribution in [0, 0.1) is 0 Å². The van der Waals surface area contributed by atoms with E-state index in [1.807, 2.05) is 0 Å². The molecule has 1 heterocycles. The number of carboxylic acids is 1. The third kappa shape index (κ3) is 2.93. The van der Waals surface area contributed by atoms with Crippen LogP contribution in [0.25, 0.3) is 0 Å². The molecule has 2 N–H and O–H groups in total. The third-order valence-corrected chi connectivity index (χ3v) is 3.33. The number of rotatable bonds is 6. The maximum Gasteiger partial charge on any atom is 0.326 e. The Kier molecular flexibility index (Phi) is 4.70. The van der Waals surface area contributed by atoms with Crippen LogP contribution in [0.2, 0.25) is 0 Å². The van der Waals surface area contributed by atoms with Crippen molar-refractivity contribution in [2.45, 2.75) is 44.4 Å². The van der Waals surface area contributed by atoms with E-state index in [1.54, 1.807) is 13.8 Å². The molecule has 1 rings (SSSR count). The van der Waals surface area contributed by atoms with Gasteiger partial charge < -0.3 is 14.6 Å². The molecule has 0 aromatic carbocycles. The van der Waals surface area contributed by atoms with Crippen LogP contribution in [0.3, 0.4) is 0 Å². The standard InChI is InChI=1S/C11H21NO4/c1-8(15-3)11(2,10(13)14)12-7-9-5-4-6-16-9/h8-9,12H,4-7H2,1-3H3,(H,13,14). The Labute approximate surface area is 96.1 Å². The molecule has 0 spiro atoms. The van der Waals surface area contributed by atoms with Crippen LogP contribution in [0.5, 0.6) is 0 Å². The molecule has 0 aliphatic carbocycles. The Morgan fingerprint density at radius 1 is 1.75 bits per heavy atom. The van der Waals surface area contributed by atoms with Gasteiger partial charge in [-0.15, -0.1) is 0 Å². The number of hydrogen-bond donors (Lipinski definition) is 2. The molecular formula is C11H21NO4. The summed E-state index contributed by atoms with van der Waals surface area (Å²) in [5.41, 5.74) is -1.07. The van der Waals surface area contributed by atoms with E-state index in [0.717, 1.165) is 19.4 Å². The zero-order chi connectivity index (χ0) is 12.2. The predicted molar refractivity (Wildman–Crippen MR) is 59.5 cm³/mol. The molecule has 3 atom stereocenters. The second-order valence-corrected chi connectivity index (χ2v) is 4.40. The molecule has 0 aromatic rings. The van der Waals surface area contributed by atoms with Crippen molar-refractivity contribution in [1.82, 2.24) is 5.32 Å². The molecule has 0 bridgehead atoms. The SMILES string of the molecule is COC(C)C(C)(NCC1CCCO1)C(=O)O. The minimum absolute atomic E-state index is 0.128. The first-order valence-corrected chi connectivity index (χ1v) is 5.63. The van der Waals surface area contributed by atoms with Gasteiger partial charge in [0.2, 0.25) is 0 Å². The molecular weight excluding hydrogens is 210 g/mol. The molecule has 0 saturated carbocycles. The molecule has 3 unspecified atom stereocenters. The summed E-state index contributed by atoms with van der Waals surface area (Å²) in [6.07, 6.45) is 1.77. The lowest BCUT2D eigenvalue weighted by molar-refractivity contribution is -0.150. The van der Waals surface area contributed by atoms with Crippen LogP contribution < -0.4 is 5.32 Å². The molecule has 1 fully saturated rings. The van der Waals surface area contributed by atoms with Gasteiger partial charge in [0.05, 0.1) is 12.2 Å². The van der Waals surface area contributed by atoms with Crippen molar-refractivity contribution < 1.29 is 19.4 Å². The molecule has 0 amide bonds. The Morgan fingerprint density at radius 3 is 2.88 bits per heavy atom. The van der Waals surface area contributed by atoms with Crippen molar-refractivity contribution in [2.24, 2.45) is 0 Å². The van der Waals surface area contributed by atoms with Gasteiger partial charge in [-0.05, 0) is 26.7 Å². The van der Waals surface area contributed by atoms with Crippen LogP contribution in [-0.4, -0.2) is 49.1 Å². The van der Waals surface area contributed by atoms with Crippen LogP contribution >= 0.6 is 0 Å². The minimum atomic E-state index is -1.07. The maximum absolute atomic E-state index is 11.2. The summed E-state index contributed by atoms with van der Waals surface area (Å²) < 4.78 is 10.6. The fraction of sp³-hybridized carbons (Fsp3) is 0.909. The van der Waals surface area contributed by atoms with E-state index >= 15 is 0 Å². The Hall–Kier alpha value is -0.650. The number of hydrogen-bond acceptors (Lipinski definition) is 4. The van der Waals surface area contributed by atoms with Crippen LogP contribution in [0.1, 0.15) is 26.7 Å². The average Bonchev–Trinajstić information content (AvgIpc) is 2.77. The second kappa shape index (κ2) is 5.61. The Morgan fingerprint density at radius 2 is 2.44 bits per heavy atom. The quantitative estimate of drug-likeness (QED) is 0.702. The summed E-state index contributed by atoms with van der Waals surface area (Å²) >= 11 is 0. The summed E-state index contributed by atoms with van der Waals surface area (Å²) in [4.78, 5) is 11.2. The van der Waals surface area contributed by atoms with E-state index in [9.17, 15) is 9.90 Å². The van der Waals surface area contributed by atoms with Crippen LogP contribution in [0.15, 0.2) is 0 Å². The van der Waals surface area contributed by atoms with E-state index in [1.165, 1.54) is 7.11 Å². The highest BCUT2D eigenvalue weighted by molar-refractivity contribution is 5.79. The number of carbonyl (C=O) groups is 1. The smallest absolute Gasteiger partial charge is 0.326 e. The van der Waals surface area contributed by atoms with Gasteiger partial charge in [-0.1, -0.05) is 0 Å². The van der Waals surface area contributed by atoms with Gasteiger partial charge in [0.1, 0.15) is 5.54 Å². The molecule has 1 aliphatic rings. The van der Waals surface area contributed by atoms with Crippen molar-refractivity contribution in [1.29, 1.82) is 0 Å². The van der Waals surface area contributed by atoms with Gasteiger partial charge in [0.25, 0.3) is 0 Å². The monoisotopic (exact) mass is 231 g/mol. The molecule has 1 aliphatic heterocycles. The molecule has 5 heteroatoms. The van der Waals surface area contributed by atoms with Gasteiger partial charge in [0.15, 0.2) is 0 Å². The Bertz CT molecular complexity index is 240. The first-order valence-electron chi connectivity index (χ1n) is 5.63. The number of ether oxygens (including phenoxy) is 2. The first kappa shape index (κ1) is 13.4. The van der Waals surface area contributed by atoms with E-state index in [2.05, 4.69) is 5.32 Å². The lowest BCUT2D eigenvalue weighted by atomic mass is 9.95. The largest absolute Gasteiger partial charge is 0.480 e. The highest BCUT2D eigenvalue weighted by Gasteiger charge is 2.39. The van der Waals surface area contributed by atoms with Crippen LogP contribution in [-0.2, 0) is 14.3 Å². The summed E-state index contributed by atoms with van der Waals surface area (Å²) in [6, 6.07) is 0. The summed E-state index contributed by atoms with van der Waals surface area (Å²) in [5.74, 6) is -0.903. The fourth-order valence-corrected chi connectivity index (χ4v) is 1.76. The highest BCUT2D eigenvalue weighted by Crippen LogP contribution is 2.16. The fourth-order valence-electron chi connectivity index (χ4n) is 1.76. The minimum Gasteiger partial charge on any atom is -0.480 e. The van der Waals surface area contributed by atoms with Crippen molar-refractivity contribution >= 4 is 5.97 Å². The number of carboxylic acid groups (broad SMARTS) is 1. The Balaban J connectivity index is 2.53. The van der Waals surface area contributed by atoms with E-state index < -0.39 is 17.6 Å². The van der Waals surface area contributed by atoms with Crippen LogP contribution in [0.4, 0.5) is 0 Å². The highest BCUT2D eigenvalue weighted by atomic mass is 16.5. The second-order valence-electron chi connectivity index (χ2n) is 4.40. The normalized spacial score (nSPS) is 26.3. The first-order chi connectivity index (χ1) is 7.50. The number of nitrogens with one attached hydrogen (secondary N) is 1. The van der Waals surface area contributed by atoms with Gasteiger partial charge in [-0.3, -0.25) is 10.1 Å².